The Labute approximate surface area is 91.0 Å². The van der Waals surface area contributed by atoms with Crippen LogP contribution in [0.2, 0.25) is 0 Å². The summed E-state index contributed by atoms with van der Waals surface area (Å²) in [5.41, 5.74) is 0. The number of hydrogen-bond donors (Lipinski definition) is 1. The van der Waals surface area contributed by atoms with Crippen LogP contribution in [0.5, 0.6) is 0 Å². The molecular weight excluding hydrogens is 192 g/mol. The first kappa shape index (κ1) is 8.96. The van der Waals surface area contributed by atoms with Crippen LogP contribution in [0.15, 0.2) is 0 Å². The van der Waals surface area contributed by atoms with Gasteiger partial charge in [0, 0.05) is 18.6 Å². The smallest absolute Gasteiger partial charge is 0.169 e. The summed E-state index contributed by atoms with van der Waals surface area (Å²) >= 11 is 5.47. The molecule has 2 unspecified atom stereocenters. The number of nitrogens with one attached hydrogen (secondary N) is 1. The van der Waals surface area contributed by atoms with E-state index in [1.165, 1.54) is 45.1 Å². The molecule has 3 rings (SSSR count). The standard InChI is InChI=1S/C11H18N2S/c14-11(12-9-4-5-9)13-7-6-8-2-1-3-10(8)13/h8-10H,1-7H2,(H,12,14). The molecule has 0 aromatic heterocycles. The highest BCUT2D eigenvalue weighted by molar-refractivity contribution is 7.80. The van der Waals surface area contributed by atoms with Gasteiger partial charge in [-0.1, -0.05) is 6.42 Å². The van der Waals surface area contributed by atoms with Gasteiger partial charge in [0.05, 0.1) is 0 Å². The third kappa shape index (κ3) is 1.52. The summed E-state index contributed by atoms with van der Waals surface area (Å²) in [5.74, 6) is 0.953. The molecule has 1 saturated heterocycles. The Bertz CT molecular complexity index is 250. The second kappa shape index (κ2) is 3.37. The van der Waals surface area contributed by atoms with E-state index >= 15 is 0 Å². The van der Waals surface area contributed by atoms with E-state index in [0.29, 0.717) is 6.04 Å². The lowest BCUT2D eigenvalue weighted by Crippen LogP contribution is -2.43. The first-order valence-electron chi connectivity index (χ1n) is 5.92. The monoisotopic (exact) mass is 210 g/mol. The summed E-state index contributed by atoms with van der Waals surface area (Å²) in [7, 11) is 0. The van der Waals surface area contributed by atoms with Crippen molar-refractivity contribution in [3.8, 4) is 0 Å². The molecule has 1 heterocycles. The van der Waals surface area contributed by atoms with Crippen LogP contribution >= 0.6 is 12.2 Å². The molecule has 0 spiro atoms. The van der Waals surface area contributed by atoms with Crippen molar-refractivity contribution in [3.05, 3.63) is 0 Å². The largest absolute Gasteiger partial charge is 0.360 e. The maximum atomic E-state index is 5.47. The zero-order chi connectivity index (χ0) is 9.54. The van der Waals surface area contributed by atoms with Crippen molar-refractivity contribution in [1.82, 2.24) is 10.2 Å². The molecule has 2 saturated carbocycles. The molecule has 2 atom stereocenters. The van der Waals surface area contributed by atoms with Crippen LogP contribution in [0, 0.1) is 5.92 Å². The van der Waals surface area contributed by atoms with Gasteiger partial charge in [-0.25, -0.2) is 0 Å². The van der Waals surface area contributed by atoms with Gasteiger partial charge in [-0.05, 0) is 50.2 Å². The highest BCUT2D eigenvalue weighted by atomic mass is 32.1. The van der Waals surface area contributed by atoms with Crippen LogP contribution < -0.4 is 5.32 Å². The van der Waals surface area contributed by atoms with Crippen molar-refractivity contribution in [2.24, 2.45) is 5.92 Å². The normalized spacial score (nSPS) is 35.9. The Balaban J connectivity index is 1.63. The molecule has 1 aliphatic heterocycles. The van der Waals surface area contributed by atoms with Crippen molar-refractivity contribution < 1.29 is 0 Å². The van der Waals surface area contributed by atoms with Crippen molar-refractivity contribution in [2.45, 2.75) is 50.6 Å². The summed E-state index contributed by atoms with van der Waals surface area (Å²) in [6, 6.07) is 1.50. The summed E-state index contributed by atoms with van der Waals surface area (Å²) in [5, 5.41) is 4.51. The van der Waals surface area contributed by atoms with Gasteiger partial charge >= 0.3 is 0 Å². The van der Waals surface area contributed by atoms with Crippen molar-refractivity contribution >= 4 is 17.3 Å². The Morgan fingerprint density at radius 1 is 1.14 bits per heavy atom. The fourth-order valence-electron chi connectivity index (χ4n) is 2.97. The first-order valence-corrected chi connectivity index (χ1v) is 6.32. The van der Waals surface area contributed by atoms with E-state index in [9.17, 15) is 0 Å². The topological polar surface area (TPSA) is 15.3 Å². The van der Waals surface area contributed by atoms with Gasteiger partial charge < -0.3 is 10.2 Å². The minimum absolute atomic E-state index is 0.711. The summed E-state index contributed by atoms with van der Waals surface area (Å²) in [6.07, 6.45) is 8.24. The van der Waals surface area contributed by atoms with Crippen LogP contribution in [0.1, 0.15) is 38.5 Å². The molecule has 0 radical (unpaired) electrons. The van der Waals surface area contributed by atoms with Gasteiger partial charge in [0.1, 0.15) is 0 Å². The Hall–Kier alpha value is -0.310. The van der Waals surface area contributed by atoms with Gasteiger partial charge in [-0.2, -0.15) is 0 Å². The lowest BCUT2D eigenvalue weighted by Gasteiger charge is -2.27. The molecule has 3 heteroatoms. The van der Waals surface area contributed by atoms with Crippen LogP contribution in [0.25, 0.3) is 0 Å². The number of nitrogens with zero attached hydrogens (tertiary/aromatic N) is 1. The fourth-order valence-corrected chi connectivity index (χ4v) is 3.37. The molecule has 3 aliphatic rings. The van der Waals surface area contributed by atoms with Gasteiger partial charge in [0.2, 0.25) is 0 Å². The molecule has 0 aromatic carbocycles. The quantitative estimate of drug-likeness (QED) is 0.665. The average molecular weight is 210 g/mol. The second-order valence-corrected chi connectivity index (χ2v) is 5.35. The van der Waals surface area contributed by atoms with Crippen LogP contribution in [0.4, 0.5) is 0 Å². The minimum atomic E-state index is 0.711. The summed E-state index contributed by atoms with van der Waals surface area (Å²) in [6.45, 7) is 1.20. The molecule has 3 fully saturated rings. The first-order chi connectivity index (χ1) is 6.84. The van der Waals surface area contributed by atoms with Gasteiger partial charge in [-0.15, -0.1) is 0 Å². The van der Waals surface area contributed by atoms with Crippen LogP contribution in [-0.4, -0.2) is 28.6 Å². The van der Waals surface area contributed by atoms with E-state index in [4.69, 9.17) is 12.2 Å². The van der Waals surface area contributed by atoms with Crippen LogP contribution in [0.3, 0.4) is 0 Å². The molecule has 0 aromatic rings. The second-order valence-electron chi connectivity index (χ2n) is 4.96. The predicted molar refractivity (Wildman–Crippen MR) is 61.2 cm³/mol. The maximum absolute atomic E-state index is 5.47. The number of rotatable bonds is 1. The number of hydrogen-bond acceptors (Lipinski definition) is 1. The number of fused-ring (bicyclic) bond motifs is 1. The molecule has 78 valence electrons. The van der Waals surface area contributed by atoms with Gasteiger partial charge in [-0.3, -0.25) is 0 Å². The van der Waals surface area contributed by atoms with E-state index < -0.39 is 0 Å². The van der Waals surface area contributed by atoms with E-state index in [1.54, 1.807) is 0 Å². The van der Waals surface area contributed by atoms with E-state index in [0.717, 1.165) is 17.1 Å². The molecular formula is C11H18N2S. The third-order valence-electron chi connectivity index (χ3n) is 3.93. The molecule has 0 bridgehead atoms. The molecule has 2 aliphatic carbocycles. The Kier molecular flexibility index (Phi) is 2.15. The number of thiocarbonyl (C=S) groups is 1. The highest BCUT2D eigenvalue weighted by Crippen LogP contribution is 2.37. The zero-order valence-corrected chi connectivity index (χ0v) is 9.35. The van der Waals surface area contributed by atoms with Gasteiger partial charge in [0.15, 0.2) is 5.11 Å². The molecule has 2 nitrogen and oxygen atoms in total. The average Bonchev–Trinajstić information content (AvgIpc) is 2.72. The van der Waals surface area contributed by atoms with Crippen molar-refractivity contribution in [1.29, 1.82) is 0 Å². The predicted octanol–water partition coefficient (Wildman–Crippen LogP) is 1.90. The van der Waals surface area contributed by atoms with Crippen LogP contribution in [-0.2, 0) is 0 Å². The molecule has 1 N–H and O–H groups in total. The summed E-state index contributed by atoms with van der Waals surface area (Å²) < 4.78 is 0. The SMILES string of the molecule is S=C(NC1CC1)N1CCC2CCCC21. The highest BCUT2D eigenvalue weighted by Gasteiger charge is 2.39. The van der Waals surface area contributed by atoms with Gasteiger partial charge in [0.25, 0.3) is 0 Å². The third-order valence-corrected chi connectivity index (χ3v) is 4.28. The Morgan fingerprint density at radius 2 is 2.00 bits per heavy atom. The molecule has 0 amide bonds. The van der Waals surface area contributed by atoms with E-state index in [-0.39, 0.29) is 0 Å². The number of likely N-dealkylation sites (tertiary alicyclic amines) is 1. The van der Waals surface area contributed by atoms with E-state index in [2.05, 4.69) is 10.2 Å². The lowest BCUT2D eigenvalue weighted by molar-refractivity contribution is 0.359. The summed E-state index contributed by atoms with van der Waals surface area (Å²) in [4.78, 5) is 2.46. The van der Waals surface area contributed by atoms with E-state index in [1.807, 2.05) is 0 Å². The maximum Gasteiger partial charge on any atom is 0.169 e. The molecule has 14 heavy (non-hydrogen) atoms. The van der Waals surface area contributed by atoms with Crippen molar-refractivity contribution in [2.75, 3.05) is 6.54 Å². The zero-order valence-electron chi connectivity index (χ0n) is 8.54. The lowest BCUT2D eigenvalue weighted by atomic mass is 10.1. The Morgan fingerprint density at radius 3 is 2.79 bits per heavy atom. The van der Waals surface area contributed by atoms with Crippen molar-refractivity contribution in [3.63, 3.8) is 0 Å². The fraction of sp³-hybridized carbons (Fsp3) is 0.909. The minimum Gasteiger partial charge on any atom is -0.360 e.